The summed E-state index contributed by atoms with van der Waals surface area (Å²) >= 11 is 0. The van der Waals surface area contributed by atoms with Crippen molar-refractivity contribution >= 4 is 11.6 Å². The lowest BCUT2D eigenvalue weighted by molar-refractivity contribution is -0.137. The highest BCUT2D eigenvalue weighted by Gasteiger charge is 2.35. The molecule has 0 saturated carbocycles. The van der Waals surface area contributed by atoms with Gasteiger partial charge in [-0.05, 0) is 12.1 Å². The van der Waals surface area contributed by atoms with Gasteiger partial charge >= 0.3 is 6.18 Å². The zero-order chi connectivity index (χ0) is 17.2. The van der Waals surface area contributed by atoms with Crippen LogP contribution in [-0.2, 0) is 6.18 Å². The van der Waals surface area contributed by atoms with Crippen LogP contribution in [0.15, 0.2) is 66.9 Å². The number of alkyl halides is 3. The van der Waals surface area contributed by atoms with Crippen molar-refractivity contribution in [1.82, 2.24) is 9.97 Å². The Bertz CT molecular complexity index is 818. The van der Waals surface area contributed by atoms with Crippen LogP contribution in [0.25, 0.3) is 11.3 Å². The maximum Gasteiger partial charge on any atom is 0.419 e. The number of halogens is 3. The van der Waals surface area contributed by atoms with Gasteiger partial charge < -0.3 is 4.90 Å². The fourth-order valence-corrected chi connectivity index (χ4v) is 2.32. The summed E-state index contributed by atoms with van der Waals surface area (Å²) in [6, 6.07) is 17.5. The Hall–Kier alpha value is -2.89. The van der Waals surface area contributed by atoms with E-state index in [-0.39, 0.29) is 11.6 Å². The van der Waals surface area contributed by atoms with Crippen molar-refractivity contribution in [2.24, 2.45) is 0 Å². The summed E-state index contributed by atoms with van der Waals surface area (Å²) in [7, 11) is 1.71. The van der Waals surface area contributed by atoms with Crippen molar-refractivity contribution in [3.05, 3.63) is 72.4 Å². The minimum Gasteiger partial charge on any atom is -0.314 e. The Morgan fingerprint density at radius 1 is 0.875 bits per heavy atom. The van der Waals surface area contributed by atoms with Gasteiger partial charge in [-0.2, -0.15) is 13.2 Å². The van der Waals surface area contributed by atoms with Crippen LogP contribution in [0, 0.1) is 0 Å². The largest absolute Gasteiger partial charge is 0.419 e. The molecule has 6 heteroatoms. The summed E-state index contributed by atoms with van der Waals surface area (Å²) in [6.07, 6.45) is -3.68. The SMILES string of the molecule is CN(c1ccccc1)c1ncc(C(F)(F)F)c(-c2ccccc2)n1. The molecule has 0 aliphatic carbocycles. The first-order chi connectivity index (χ1) is 11.5. The van der Waals surface area contributed by atoms with Crippen LogP contribution in [-0.4, -0.2) is 17.0 Å². The normalized spacial score (nSPS) is 11.3. The highest BCUT2D eigenvalue weighted by molar-refractivity contribution is 5.66. The molecule has 0 aliphatic heterocycles. The van der Waals surface area contributed by atoms with Crippen LogP contribution in [0.4, 0.5) is 24.8 Å². The van der Waals surface area contributed by atoms with Gasteiger partial charge in [-0.25, -0.2) is 9.97 Å². The number of nitrogens with zero attached hydrogens (tertiary/aromatic N) is 3. The molecule has 3 aromatic rings. The molecule has 0 amide bonds. The molecule has 0 radical (unpaired) electrons. The van der Waals surface area contributed by atoms with Crippen LogP contribution in [0.5, 0.6) is 0 Å². The molecule has 0 fully saturated rings. The van der Waals surface area contributed by atoms with Gasteiger partial charge in [-0.15, -0.1) is 0 Å². The monoisotopic (exact) mass is 329 g/mol. The van der Waals surface area contributed by atoms with Crippen molar-refractivity contribution in [2.45, 2.75) is 6.18 Å². The van der Waals surface area contributed by atoms with Crippen molar-refractivity contribution in [3.8, 4) is 11.3 Å². The second-order valence-electron chi connectivity index (χ2n) is 5.19. The van der Waals surface area contributed by atoms with Crippen LogP contribution >= 0.6 is 0 Å². The fourth-order valence-electron chi connectivity index (χ4n) is 2.32. The van der Waals surface area contributed by atoms with Gasteiger partial charge in [0.15, 0.2) is 0 Å². The lowest BCUT2D eigenvalue weighted by Gasteiger charge is -2.19. The van der Waals surface area contributed by atoms with Crippen molar-refractivity contribution in [3.63, 3.8) is 0 Å². The summed E-state index contributed by atoms with van der Waals surface area (Å²) in [5.74, 6) is 0.202. The molecule has 24 heavy (non-hydrogen) atoms. The van der Waals surface area contributed by atoms with Gasteiger partial charge in [0.1, 0.15) is 5.56 Å². The third-order valence-corrected chi connectivity index (χ3v) is 3.57. The van der Waals surface area contributed by atoms with Gasteiger partial charge in [0.2, 0.25) is 5.95 Å². The third-order valence-electron chi connectivity index (χ3n) is 3.57. The highest BCUT2D eigenvalue weighted by Crippen LogP contribution is 2.36. The third kappa shape index (κ3) is 3.22. The molecule has 0 unspecified atom stereocenters. The van der Waals surface area contributed by atoms with Gasteiger partial charge in [0, 0.05) is 24.5 Å². The molecule has 2 aromatic carbocycles. The Labute approximate surface area is 137 Å². The molecule has 1 heterocycles. The molecule has 0 saturated heterocycles. The van der Waals surface area contributed by atoms with Crippen LogP contribution < -0.4 is 4.90 Å². The van der Waals surface area contributed by atoms with E-state index in [0.717, 1.165) is 11.9 Å². The molecule has 3 nitrogen and oxygen atoms in total. The number of hydrogen-bond donors (Lipinski definition) is 0. The summed E-state index contributed by atoms with van der Waals surface area (Å²) < 4.78 is 39.9. The number of aromatic nitrogens is 2. The average Bonchev–Trinajstić information content (AvgIpc) is 2.61. The van der Waals surface area contributed by atoms with Crippen LogP contribution in [0.2, 0.25) is 0 Å². The summed E-state index contributed by atoms with van der Waals surface area (Å²) in [6.45, 7) is 0. The summed E-state index contributed by atoms with van der Waals surface area (Å²) in [5.41, 5.74) is 0.209. The van der Waals surface area contributed by atoms with E-state index in [2.05, 4.69) is 9.97 Å². The smallest absolute Gasteiger partial charge is 0.314 e. The molecule has 0 atom stereocenters. The van der Waals surface area contributed by atoms with Crippen molar-refractivity contribution in [1.29, 1.82) is 0 Å². The highest BCUT2D eigenvalue weighted by atomic mass is 19.4. The molecular formula is C18H14F3N3. The topological polar surface area (TPSA) is 29.0 Å². The molecule has 0 N–H and O–H groups in total. The van der Waals surface area contributed by atoms with Crippen LogP contribution in [0.3, 0.4) is 0 Å². The zero-order valence-corrected chi connectivity index (χ0v) is 12.8. The predicted molar refractivity (Wildman–Crippen MR) is 87.0 cm³/mol. The van der Waals surface area contributed by atoms with E-state index in [1.54, 1.807) is 42.3 Å². The minimum absolute atomic E-state index is 0.129. The van der Waals surface area contributed by atoms with E-state index >= 15 is 0 Å². The molecule has 3 rings (SSSR count). The zero-order valence-electron chi connectivity index (χ0n) is 12.8. The van der Waals surface area contributed by atoms with Crippen LogP contribution in [0.1, 0.15) is 5.56 Å². The molecule has 0 aliphatic rings. The second-order valence-corrected chi connectivity index (χ2v) is 5.19. The second kappa shape index (κ2) is 6.31. The number of rotatable bonds is 3. The van der Waals surface area contributed by atoms with E-state index in [1.165, 1.54) is 0 Å². The van der Waals surface area contributed by atoms with E-state index < -0.39 is 11.7 Å². The quantitative estimate of drug-likeness (QED) is 0.682. The fraction of sp³-hybridized carbons (Fsp3) is 0.111. The predicted octanol–water partition coefficient (Wildman–Crippen LogP) is 4.93. The van der Waals surface area contributed by atoms with E-state index in [0.29, 0.717) is 5.56 Å². The number of hydrogen-bond acceptors (Lipinski definition) is 3. The van der Waals surface area contributed by atoms with Gasteiger partial charge in [-0.3, -0.25) is 0 Å². The summed E-state index contributed by atoms with van der Waals surface area (Å²) in [4.78, 5) is 9.73. The Balaban J connectivity index is 2.11. The first kappa shape index (κ1) is 16.0. The van der Waals surface area contributed by atoms with E-state index in [1.807, 2.05) is 30.3 Å². The molecular weight excluding hydrogens is 315 g/mol. The van der Waals surface area contributed by atoms with Gasteiger partial charge in [-0.1, -0.05) is 48.5 Å². The maximum absolute atomic E-state index is 13.3. The van der Waals surface area contributed by atoms with Gasteiger partial charge in [0.05, 0.1) is 5.69 Å². The lowest BCUT2D eigenvalue weighted by atomic mass is 10.1. The minimum atomic E-state index is -4.52. The summed E-state index contributed by atoms with van der Waals surface area (Å²) in [5, 5.41) is 0. The lowest BCUT2D eigenvalue weighted by Crippen LogP contribution is -2.16. The Kier molecular flexibility index (Phi) is 4.20. The van der Waals surface area contributed by atoms with E-state index in [9.17, 15) is 13.2 Å². The van der Waals surface area contributed by atoms with Crippen molar-refractivity contribution < 1.29 is 13.2 Å². The Morgan fingerprint density at radius 2 is 1.46 bits per heavy atom. The maximum atomic E-state index is 13.3. The first-order valence-electron chi connectivity index (χ1n) is 7.25. The van der Waals surface area contributed by atoms with Crippen molar-refractivity contribution in [2.75, 3.05) is 11.9 Å². The average molecular weight is 329 g/mol. The number of para-hydroxylation sites is 1. The molecule has 1 aromatic heterocycles. The molecule has 122 valence electrons. The molecule has 0 bridgehead atoms. The number of benzene rings is 2. The van der Waals surface area contributed by atoms with Gasteiger partial charge in [0.25, 0.3) is 0 Å². The number of anilines is 2. The Morgan fingerprint density at radius 3 is 2.04 bits per heavy atom. The molecule has 0 spiro atoms. The standard InChI is InChI=1S/C18H14F3N3/c1-24(14-10-6-3-7-11-14)17-22-12-15(18(19,20)21)16(23-17)13-8-4-2-5-9-13/h2-12H,1H3. The van der Waals surface area contributed by atoms with E-state index in [4.69, 9.17) is 0 Å². The first-order valence-corrected chi connectivity index (χ1v) is 7.25.